The highest BCUT2D eigenvalue weighted by molar-refractivity contribution is 7.99. The Balaban J connectivity index is 1.58. The molecule has 7 heteroatoms. The van der Waals surface area contributed by atoms with Crippen LogP contribution < -0.4 is 10.6 Å². The summed E-state index contributed by atoms with van der Waals surface area (Å²) in [5.74, 6) is -0.184. The molecule has 0 spiro atoms. The van der Waals surface area contributed by atoms with Crippen LogP contribution in [0.4, 0.5) is 4.79 Å². The Morgan fingerprint density at radius 1 is 1.32 bits per heavy atom. The van der Waals surface area contributed by atoms with Crippen molar-refractivity contribution in [1.29, 1.82) is 0 Å². The first-order valence-electron chi connectivity index (χ1n) is 8.46. The molecule has 0 aliphatic heterocycles. The molecule has 1 heterocycles. The molecule has 0 saturated heterocycles. The Labute approximate surface area is 151 Å². The van der Waals surface area contributed by atoms with Crippen LogP contribution in [0, 0.1) is 0 Å². The average molecular weight is 358 g/mol. The first kappa shape index (κ1) is 17.5. The van der Waals surface area contributed by atoms with Gasteiger partial charge >= 0.3 is 6.03 Å². The third-order valence-electron chi connectivity index (χ3n) is 4.21. The van der Waals surface area contributed by atoms with E-state index in [0.29, 0.717) is 6.54 Å². The number of benzene rings is 1. The fraction of sp³-hybridized carbons (Fsp3) is 0.389. The van der Waals surface area contributed by atoms with E-state index >= 15 is 0 Å². The number of imide groups is 1. The number of hydrogen-bond donors (Lipinski definition) is 2. The maximum atomic E-state index is 12.0. The summed E-state index contributed by atoms with van der Waals surface area (Å²) in [5.41, 5.74) is 1.88. The third-order valence-corrected chi connectivity index (χ3v) is 5.18. The van der Waals surface area contributed by atoms with Gasteiger partial charge in [-0.2, -0.15) is 0 Å². The Morgan fingerprint density at radius 3 is 2.84 bits per heavy atom. The maximum absolute atomic E-state index is 12.0. The van der Waals surface area contributed by atoms with Gasteiger partial charge in [-0.05, 0) is 25.0 Å². The van der Waals surface area contributed by atoms with Gasteiger partial charge in [0.15, 0.2) is 5.16 Å². The van der Waals surface area contributed by atoms with Gasteiger partial charge < -0.3 is 9.88 Å². The second-order valence-corrected chi connectivity index (χ2v) is 7.02. The predicted octanol–water partition coefficient (Wildman–Crippen LogP) is 3.08. The monoisotopic (exact) mass is 358 g/mol. The van der Waals surface area contributed by atoms with Crippen molar-refractivity contribution in [2.75, 3.05) is 5.75 Å². The lowest BCUT2D eigenvalue weighted by Gasteiger charge is -2.12. The molecule has 3 rings (SSSR count). The molecule has 0 bridgehead atoms. The van der Waals surface area contributed by atoms with Crippen LogP contribution in [0.5, 0.6) is 0 Å². The summed E-state index contributed by atoms with van der Waals surface area (Å²) in [6, 6.07) is 7.61. The number of carbonyl (C=O) groups excluding carboxylic acids is 2. The number of imidazole rings is 1. The number of aromatic nitrogens is 2. The summed E-state index contributed by atoms with van der Waals surface area (Å²) in [6.45, 7) is 4.39. The highest BCUT2D eigenvalue weighted by Gasteiger charge is 2.18. The van der Waals surface area contributed by atoms with E-state index in [1.165, 1.54) is 11.8 Å². The lowest BCUT2D eigenvalue weighted by atomic mass is 10.2. The lowest BCUT2D eigenvalue weighted by Crippen LogP contribution is -2.44. The summed E-state index contributed by atoms with van der Waals surface area (Å²) in [4.78, 5) is 28.4. The highest BCUT2D eigenvalue weighted by atomic mass is 32.2. The van der Waals surface area contributed by atoms with Crippen LogP contribution in [0.2, 0.25) is 0 Å². The molecule has 3 amide bonds. The number of thioether (sulfide) groups is 1. The Hall–Kier alpha value is -2.28. The zero-order valence-corrected chi connectivity index (χ0v) is 14.8. The van der Waals surface area contributed by atoms with E-state index in [1.54, 1.807) is 6.08 Å². The molecule has 0 atom stereocenters. The highest BCUT2D eigenvalue weighted by Crippen LogP contribution is 2.24. The predicted molar refractivity (Wildman–Crippen MR) is 99.6 cm³/mol. The molecule has 1 aliphatic rings. The molecule has 6 nitrogen and oxygen atoms in total. The molecular formula is C18H22N4O2S. The summed E-state index contributed by atoms with van der Waals surface area (Å²) in [7, 11) is 0. The van der Waals surface area contributed by atoms with Gasteiger partial charge in [0, 0.05) is 12.6 Å². The van der Waals surface area contributed by atoms with Crippen molar-refractivity contribution in [2.45, 2.75) is 43.4 Å². The maximum Gasteiger partial charge on any atom is 0.321 e. The number of hydrogen-bond acceptors (Lipinski definition) is 4. The van der Waals surface area contributed by atoms with Crippen LogP contribution in [0.25, 0.3) is 11.0 Å². The zero-order valence-electron chi connectivity index (χ0n) is 14.0. The summed E-state index contributed by atoms with van der Waals surface area (Å²) in [6.07, 6.45) is 6.04. The van der Waals surface area contributed by atoms with Crippen LogP contribution >= 0.6 is 11.8 Å². The van der Waals surface area contributed by atoms with E-state index in [2.05, 4.69) is 22.2 Å². The first-order valence-corrected chi connectivity index (χ1v) is 9.45. The smallest absolute Gasteiger partial charge is 0.321 e. The van der Waals surface area contributed by atoms with Gasteiger partial charge in [-0.25, -0.2) is 9.78 Å². The van der Waals surface area contributed by atoms with Crippen molar-refractivity contribution in [2.24, 2.45) is 0 Å². The molecule has 1 aliphatic carbocycles. The minimum Gasteiger partial charge on any atom is -0.335 e. The Bertz CT molecular complexity index is 780. The number of rotatable bonds is 6. The lowest BCUT2D eigenvalue weighted by molar-refractivity contribution is -0.117. The summed E-state index contributed by atoms with van der Waals surface area (Å²) in [5, 5.41) is 5.99. The van der Waals surface area contributed by atoms with Gasteiger partial charge in [0.1, 0.15) is 0 Å². The number of nitrogens with one attached hydrogen (secondary N) is 2. The van der Waals surface area contributed by atoms with E-state index in [4.69, 9.17) is 0 Å². The van der Waals surface area contributed by atoms with E-state index in [0.717, 1.165) is 41.9 Å². The van der Waals surface area contributed by atoms with E-state index < -0.39 is 6.03 Å². The molecule has 1 saturated carbocycles. The second-order valence-electron chi connectivity index (χ2n) is 6.07. The molecule has 0 unspecified atom stereocenters. The molecule has 132 valence electrons. The summed E-state index contributed by atoms with van der Waals surface area (Å²) < 4.78 is 2.01. The van der Waals surface area contributed by atoms with Crippen molar-refractivity contribution in [3.8, 4) is 0 Å². The molecule has 0 radical (unpaired) electrons. The molecule has 2 N–H and O–H groups in total. The molecular weight excluding hydrogens is 336 g/mol. The SMILES string of the molecule is C=CCn1c(SCC(=O)NC(=O)NC2CCCC2)nc2ccccc21. The number of amides is 3. The van der Waals surface area contributed by atoms with Gasteiger partial charge in [-0.15, -0.1) is 6.58 Å². The fourth-order valence-electron chi connectivity index (χ4n) is 3.05. The number of fused-ring (bicyclic) bond motifs is 1. The zero-order chi connectivity index (χ0) is 17.6. The number of para-hydroxylation sites is 2. The Kier molecular flexibility index (Phi) is 5.75. The van der Waals surface area contributed by atoms with Gasteiger partial charge in [-0.1, -0.05) is 42.8 Å². The van der Waals surface area contributed by atoms with Gasteiger partial charge in [0.05, 0.1) is 16.8 Å². The Morgan fingerprint density at radius 2 is 2.08 bits per heavy atom. The van der Waals surface area contributed by atoms with Gasteiger partial charge in [-0.3, -0.25) is 10.1 Å². The summed E-state index contributed by atoms with van der Waals surface area (Å²) >= 11 is 1.32. The van der Waals surface area contributed by atoms with Crippen molar-refractivity contribution < 1.29 is 9.59 Å². The van der Waals surface area contributed by atoms with Crippen LogP contribution in [-0.2, 0) is 11.3 Å². The molecule has 25 heavy (non-hydrogen) atoms. The largest absolute Gasteiger partial charge is 0.335 e. The number of allylic oxidation sites excluding steroid dienone is 1. The van der Waals surface area contributed by atoms with Crippen molar-refractivity contribution in [1.82, 2.24) is 20.2 Å². The third kappa shape index (κ3) is 4.42. The van der Waals surface area contributed by atoms with E-state index in [1.807, 2.05) is 28.8 Å². The van der Waals surface area contributed by atoms with Crippen LogP contribution in [0.3, 0.4) is 0 Å². The van der Waals surface area contributed by atoms with E-state index in [9.17, 15) is 9.59 Å². The van der Waals surface area contributed by atoms with Crippen molar-refractivity contribution in [3.63, 3.8) is 0 Å². The number of nitrogens with zero attached hydrogens (tertiary/aromatic N) is 2. The van der Waals surface area contributed by atoms with Crippen LogP contribution in [0.1, 0.15) is 25.7 Å². The van der Waals surface area contributed by atoms with Gasteiger partial charge in [0.2, 0.25) is 5.91 Å². The van der Waals surface area contributed by atoms with E-state index in [-0.39, 0.29) is 17.7 Å². The van der Waals surface area contributed by atoms with Gasteiger partial charge in [0.25, 0.3) is 0 Å². The number of carbonyl (C=O) groups is 2. The fourth-order valence-corrected chi connectivity index (χ4v) is 3.88. The first-order chi connectivity index (χ1) is 12.2. The second kappa shape index (κ2) is 8.20. The molecule has 1 aromatic carbocycles. The van der Waals surface area contributed by atoms with Crippen molar-refractivity contribution in [3.05, 3.63) is 36.9 Å². The minimum absolute atomic E-state index is 0.137. The minimum atomic E-state index is -0.405. The average Bonchev–Trinajstić information content (AvgIpc) is 3.21. The quantitative estimate of drug-likeness (QED) is 0.615. The van der Waals surface area contributed by atoms with Crippen molar-refractivity contribution >= 4 is 34.7 Å². The van der Waals surface area contributed by atoms with Crippen LogP contribution in [0.15, 0.2) is 42.1 Å². The molecule has 1 aromatic heterocycles. The normalized spacial score (nSPS) is 14.6. The standard InChI is InChI=1S/C18H22N4O2S/c1-2-11-22-15-10-6-5-9-14(15)20-18(22)25-12-16(23)21-17(24)19-13-7-3-4-8-13/h2,5-6,9-10,13H,1,3-4,7-8,11-12H2,(H2,19,21,23,24). The molecule has 2 aromatic rings. The number of urea groups is 1. The van der Waals surface area contributed by atoms with Crippen LogP contribution in [-0.4, -0.2) is 33.3 Å². The topological polar surface area (TPSA) is 76.0 Å². The molecule has 1 fully saturated rings.